The van der Waals surface area contributed by atoms with E-state index >= 15 is 0 Å². The summed E-state index contributed by atoms with van der Waals surface area (Å²) in [6, 6.07) is 43.7. The molecule has 0 aliphatic carbocycles. The van der Waals surface area contributed by atoms with Gasteiger partial charge in [0.1, 0.15) is 33.5 Å². The van der Waals surface area contributed by atoms with Gasteiger partial charge in [-0.3, -0.25) is 29.1 Å². The highest BCUT2D eigenvalue weighted by atomic mass is 32.1. The van der Waals surface area contributed by atoms with Crippen LogP contribution in [0, 0.1) is 0 Å². The molecular weight excluding hydrogens is 889 g/mol. The van der Waals surface area contributed by atoms with Crippen molar-refractivity contribution in [2.45, 2.75) is 50.9 Å². The van der Waals surface area contributed by atoms with Gasteiger partial charge in [-0.25, -0.2) is 9.97 Å². The number of nitrogens with one attached hydrogen (secondary N) is 2. The van der Waals surface area contributed by atoms with Crippen LogP contribution in [0.2, 0.25) is 0 Å². The van der Waals surface area contributed by atoms with Gasteiger partial charge in [-0.2, -0.15) is 0 Å². The summed E-state index contributed by atoms with van der Waals surface area (Å²) in [5.41, 5.74) is 6.08. The highest BCUT2D eigenvalue weighted by Crippen LogP contribution is 2.39. The molecule has 2 N–H and O–H groups in total. The SMILES string of the molecule is CCCN(Cc1ncc(-c2ccc(-c3ccc(-c4cnc(C5CCCN5C(=O)C(NC(=O)c5ccccn5)c5ccccc5)s4)cc3)cc2)s1)C(=O)C(NC(=O)c1ccccn1)c1ccccc1. The zero-order valence-corrected chi connectivity index (χ0v) is 38.9. The molecular formula is C54H48N8O4S2. The van der Waals surface area contributed by atoms with Gasteiger partial charge >= 0.3 is 0 Å². The lowest BCUT2D eigenvalue weighted by Gasteiger charge is -2.28. The van der Waals surface area contributed by atoms with Crippen molar-refractivity contribution in [2.24, 2.45) is 0 Å². The molecule has 8 aromatic rings. The zero-order chi connectivity index (χ0) is 46.8. The number of hydrogen-bond acceptors (Lipinski definition) is 10. The third-order valence-electron chi connectivity index (χ3n) is 11.8. The number of pyridine rings is 2. The van der Waals surface area contributed by atoms with Crippen LogP contribution in [0.5, 0.6) is 0 Å². The number of carbonyl (C=O) groups excluding carboxylic acids is 4. The molecule has 1 saturated heterocycles. The Balaban J connectivity index is 0.850. The van der Waals surface area contributed by atoms with Gasteiger partial charge in [0.2, 0.25) is 11.8 Å². The lowest BCUT2D eigenvalue weighted by molar-refractivity contribution is -0.135. The van der Waals surface area contributed by atoms with Crippen molar-refractivity contribution in [1.82, 2.24) is 40.4 Å². The molecule has 0 bridgehead atoms. The first-order valence-corrected chi connectivity index (χ1v) is 24.2. The number of nitrogens with zero attached hydrogens (tertiary/aromatic N) is 6. The Morgan fingerprint density at radius 3 is 1.69 bits per heavy atom. The average molecular weight is 937 g/mol. The van der Waals surface area contributed by atoms with E-state index in [1.54, 1.807) is 76.4 Å². The van der Waals surface area contributed by atoms with Crippen LogP contribution in [-0.2, 0) is 16.1 Å². The number of hydrogen-bond donors (Lipinski definition) is 2. The fourth-order valence-corrected chi connectivity index (χ4v) is 10.4. The van der Waals surface area contributed by atoms with Crippen LogP contribution in [0.25, 0.3) is 32.0 Å². The van der Waals surface area contributed by atoms with Crippen LogP contribution in [0.1, 0.15) is 86.4 Å². The summed E-state index contributed by atoms with van der Waals surface area (Å²) in [6.45, 7) is 3.41. The van der Waals surface area contributed by atoms with Gasteiger partial charge < -0.3 is 20.4 Å². The normalized spacial score (nSPS) is 14.2. The van der Waals surface area contributed by atoms with Gasteiger partial charge in [-0.15, -0.1) is 22.7 Å². The van der Waals surface area contributed by atoms with Crippen molar-refractivity contribution in [2.75, 3.05) is 13.1 Å². The van der Waals surface area contributed by atoms with Crippen molar-refractivity contribution in [3.8, 4) is 32.0 Å². The van der Waals surface area contributed by atoms with E-state index in [0.29, 0.717) is 30.8 Å². The van der Waals surface area contributed by atoms with Crippen LogP contribution in [0.3, 0.4) is 0 Å². The molecule has 14 heteroatoms. The number of thiazole rings is 2. The minimum absolute atomic E-state index is 0.172. The van der Waals surface area contributed by atoms with E-state index in [1.165, 1.54) is 0 Å². The molecule has 3 unspecified atom stereocenters. The van der Waals surface area contributed by atoms with Gasteiger partial charge in [0.25, 0.3) is 11.8 Å². The molecule has 9 rings (SSSR count). The highest BCUT2D eigenvalue weighted by Gasteiger charge is 2.37. The summed E-state index contributed by atoms with van der Waals surface area (Å²) < 4.78 is 0. The monoisotopic (exact) mass is 936 g/mol. The Bertz CT molecular complexity index is 2970. The van der Waals surface area contributed by atoms with Gasteiger partial charge in [-0.1, -0.05) is 128 Å². The Kier molecular flexibility index (Phi) is 14.2. The van der Waals surface area contributed by atoms with Gasteiger partial charge in [0.15, 0.2) is 0 Å². The second-order valence-corrected chi connectivity index (χ2v) is 18.5. The lowest BCUT2D eigenvalue weighted by atomic mass is 10.0. The van der Waals surface area contributed by atoms with Crippen LogP contribution >= 0.6 is 22.7 Å². The Hall–Kier alpha value is -7.68. The van der Waals surface area contributed by atoms with Crippen molar-refractivity contribution in [3.63, 3.8) is 0 Å². The second-order valence-electron chi connectivity index (χ2n) is 16.3. The molecule has 340 valence electrons. The molecule has 0 saturated carbocycles. The first-order chi connectivity index (χ1) is 33.3. The van der Waals surface area contributed by atoms with E-state index in [4.69, 9.17) is 9.97 Å². The van der Waals surface area contributed by atoms with E-state index in [0.717, 1.165) is 61.3 Å². The first kappa shape index (κ1) is 45.5. The maximum atomic E-state index is 14.3. The fourth-order valence-electron chi connectivity index (χ4n) is 8.35. The third-order valence-corrected chi connectivity index (χ3v) is 14.0. The average Bonchev–Trinajstić information content (AvgIpc) is 4.21. The van der Waals surface area contributed by atoms with E-state index in [-0.39, 0.29) is 29.2 Å². The molecule has 1 aliphatic heterocycles. The fraction of sp³-hybridized carbons (Fsp3) is 0.185. The largest absolute Gasteiger partial charge is 0.335 e. The molecule has 4 aromatic carbocycles. The zero-order valence-electron chi connectivity index (χ0n) is 37.3. The maximum Gasteiger partial charge on any atom is 0.270 e. The Morgan fingerprint density at radius 2 is 1.13 bits per heavy atom. The molecule has 68 heavy (non-hydrogen) atoms. The van der Waals surface area contributed by atoms with Gasteiger partial charge in [-0.05, 0) is 76.9 Å². The lowest BCUT2D eigenvalue weighted by Crippen LogP contribution is -2.43. The van der Waals surface area contributed by atoms with E-state index in [2.05, 4.69) is 69.1 Å². The molecule has 0 spiro atoms. The topological polar surface area (TPSA) is 150 Å². The van der Waals surface area contributed by atoms with Crippen molar-refractivity contribution < 1.29 is 19.2 Å². The molecule has 12 nitrogen and oxygen atoms in total. The minimum atomic E-state index is -0.890. The summed E-state index contributed by atoms with van der Waals surface area (Å²) in [5.74, 6) is -1.21. The standard InChI is InChI=1S/C54H48N8O4S2/c1-2-31-61(53(65)48(40-14-5-3-6-15-40)59-50(63)42-18-9-11-29-55-42)35-47-57-33-45(67-47)38-25-21-36(22-26-38)37-23-27-39(28-24-37)46-34-58-52(68-46)44-20-13-32-62(44)54(66)49(41-16-7-4-8-17-41)60-51(64)43-19-10-12-30-56-43/h3-12,14-19,21-30,33-34,44,48-49H,2,13,20,31-32,35H2,1H3,(H,59,63)(H,60,64). The van der Waals surface area contributed by atoms with E-state index < -0.39 is 23.9 Å². The van der Waals surface area contributed by atoms with Crippen LogP contribution in [0.4, 0.5) is 0 Å². The van der Waals surface area contributed by atoms with Crippen molar-refractivity contribution >= 4 is 46.3 Å². The van der Waals surface area contributed by atoms with Gasteiger partial charge in [0.05, 0.1) is 22.3 Å². The Labute approximate surface area is 402 Å². The summed E-state index contributed by atoms with van der Waals surface area (Å²) in [5, 5.41) is 7.55. The smallest absolute Gasteiger partial charge is 0.270 e. The number of carbonyl (C=O) groups is 4. The minimum Gasteiger partial charge on any atom is -0.335 e. The molecule has 1 aliphatic rings. The first-order valence-electron chi connectivity index (χ1n) is 22.6. The molecule has 4 amide bonds. The number of likely N-dealkylation sites (tertiary alicyclic amines) is 1. The predicted molar refractivity (Wildman–Crippen MR) is 265 cm³/mol. The second kappa shape index (κ2) is 21.3. The molecule has 4 aromatic heterocycles. The number of aromatic nitrogens is 4. The van der Waals surface area contributed by atoms with Gasteiger partial charge in [0, 0.05) is 37.9 Å². The maximum absolute atomic E-state index is 14.3. The quantitative estimate of drug-likeness (QED) is 0.0972. The molecule has 3 atom stereocenters. The summed E-state index contributed by atoms with van der Waals surface area (Å²) in [6.07, 6.45) is 9.21. The van der Waals surface area contributed by atoms with Crippen LogP contribution < -0.4 is 10.6 Å². The predicted octanol–water partition coefficient (Wildman–Crippen LogP) is 10.1. The van der Waals surface area contributed by atoms with Crippen LogP contribution in [0.15, 0.2) is 170 Å². The Morgan fingerprint density at radius 1 is 0.618 bits per heavy atom. The van der Waals surface area contributed by atoms with E-state index in [1.807, 2.05) is 84.9 Å². The molecule has 1 fully saturated rings. The summed E-state index contributed by atoms with van der Waals surface area (Å²) >= 11 is 3.13. The van der Waals surface area contributed by atoms with Crippen molar-refractivity contribution in [3.05, 3.63) is 203 Å². The highest BCUT2D eigenvalue weighted by molar-refractivity contribution is 7.15. The number of benzene rings is 4. The summed E-state index contributed by atoms with van der Waals surface area (Å²) in [4.78, 5) is 78.5. The molecule has 5 heterocycles. The van der Waals surface area contributed by atoms with E-state index in [9.17, 15) is 19.2 Å². The molecule has 0 radical (unpaired) electrons. The van der Waals surface area contributed by atoms with Crippen LogP contribution in [-0.4, -0.2) is 66.5 Å². The number of amides is 4. The summed E-state index contributed by atoms with van der Waals surface area (Å²) in [7, 11) is 0. The van der Waals surface area contributed by atoms with Crippen molar-refractivity contribution in [1.29, 1.82) is 0 Å². The number of rotatable bonds is 16. The third kappa shape index (κ3) is 10.5.